The minimum Gasteiger partial charge on any atom is -0.425 e. The molecule has 0 atom stereocenters. The van der Waals surface area contributed by atoms with Crippen molar-refractivity contribution in [3.63, 3.8) is 0 Å². The summed E-state index contributed by atoms with van der Waals surface area (Å²) in [6, 6.07) is 5.49. The van der Waals surface area contributed by atoms with E-state index in [0.717, 1.165) is 11.1 Å². The maximum atomic E-state index is 12.0. The summed E-state index contributed by atoms with van der Waals surface area (Å²) < 4.78 is 6.59. The minimum atomic E-state index is -0.521. The summed E-state index contributed by atoms with van der Waals surface area (Å²) in [4.78, 5) is 22.5. The fourth-order valence-electron chi connectivity index (χ4n) is 2.30. The fraction of sp³-hybridized carbons (Fsp3) is 0.333. The molecule has 22 heavy (non-hydrogen) atoms. The van der Waals surface area contributed by atoms with Crippen LogP contribution in [0.5, 0.6) is 5.75 Å². The van der Waals surface area contributed by atoms with Crippen molar-refractivity contribution in [3.8, 4) is 5.75 Å². The molecule has 2 rings (SSSR count). The van der Waals surface area contributed by atoms with Gasteiger partial charge in [0.2, 0.25) is 0 Å². The van der Waals surface area contributed by atoms with E-state index in [1.807, 2.05) is 26.0 Å². The zero-order valence-corrected chi connectivity index (χ0v) is 12.9. The number of ether oxygens (including phenoxy) is 1. The SMILES string of the molecule is Cc1ccc(OC(=O)Cn2nc(C)c([N+](=O)[O-])c2C)c(C)c1. The molecule has 0 amide bonds. The number of hydrogen-bond donors (Lipinski definition) is 0. The monoisotopic (exact) mass is 303 g/mol. The maximum absolute atomic E-state index is 12.0. The number of nitro groups is 1. The van der Waals surface area contributed by atoms with Crippen molar-refractivity contribution in [2.45, 2.75) is 34.2 Å². The van der Waals surface area contributed by atoms with Crippen molar-refractivity contribution in [1.82, 2.24) is 9.78 Å². The third kappa shape index (κ3) is 3.13. The second-order valence-electron chi connectivity index (χ2n) is 5.18. The molecule has 0 bridgehead atoms. The number of carbonyl (C=O) groups is 1. The highest BCUT2D eigenvalue weighted by molar-refractivity contribution is 5.72. The molecule has 0 aliphatic rings. The van der Waals surface area contributed by atoms with Crippen LogP contribution in [0.2, 0.25) is 0 Å². The van der Waals surface area contributed by atoms with Crippen LogP contribution in [0.15, 0.2) is 18.2 Å². The third-order valence-electron chi connectivity index (χ3n) is 3.36. The number of benzene rings is 1. The van der Waals surface area contributed by atoms with E-state index in [4.69, 9.17) is 4.74 Å². The lowest BCUT2D eigenvalue weighted by atomic mass is 10.1. The molecule has 0 spiro atoms. The van der Waals surface area contributed by atoms with E-state index in [0.29, 0.717) is 11.4 Å². The zero-order chi connectivity index (χ0) is 16.4. The van der Waals surface area contributed by atoms with Crippen LogP contribution in [-0.4, -0.2) is 20.7 Å². The minimum absolute atomic E-state index is 0.0701. The molecule has 116 valence electrons. The Balaban J connectivity index is 2.16. The second-order valence-corrected chi connectivity index (χ2v) is 5.18. The number of carbonyl (C=O) groups excluding carboxylic acids is 1. The van der Waals surface area contributed by atoms with Gasteiger partial charge in [0, 0.05) is 0 Å². The van der Waals surface area contributed by atoms with Crippen molar-refractivity contribution in [2.24, 2.45) is 0 Å². The number of hydrogen-bond acceptors (Lipinski definition) is 5. The second kappa shape index (κ2) is 5.97. The van der Waals surface area contributed by atoms with E-state index in [9.17, 15) is 14.9 Å². The van der Waals surface area contributed by atoms with Gasteiger partial charge >= 0.3 is 11.7 Å². The van der Waals surface area contributed by atoms with Crippen LogP contribution in [-0.2, 0) is 11.3 Å². The van der Waals surface area contributed by atoms with Crippen LogP contribution in [0, 0.1) is 37.8 Å². The first-order valence-corrected chi connectivity index (χ1v) is 6.76. The van der Waals surface area contributed by atoms with Crippen LogP contribution in [0.25, 0.3) is 0 Å². The average Bonchev–Trinajstić information content (AvgIpc) is 2.67. The van der Waals surface area contributed by atoms with Crippen molar-refractivity contribution in [1.29, 1.82) is 0 Å². The smallest absolute Gasteiger partial charge is 0.333 e. The van der Waals surface area contributed by atoms with Crippen molar-refractivity contribution in [2.75, 3.05) is 0 Å². The largest absolute Gasteiger partial charge is 0.425 e. The van der Waals surface area contributed by atoms with E-state index >= 15 is 0 Å². The molecule has 0 saturated carbocycles. The first-order chi connectivity index (χ1) is 10.3. The number of aryl methyl sites for hydroxylation is 3. The van der Waals surface area contributed by atoms with Gasteiger partial charge in [-0.15, -0.1) is 0 Å². The zero-order valence-electron chi connectivity index (χ0n) is 12.9. The van der Waals surface area contributed by atoms with E-state index in [2.05, 4.69) is 5.10 Å². The summed E-state index contributed by atoms with van der Waals surface area (Å²) in [6.45, 7) is 6.73. The Bertz CT molecular complexity index is 749. The van der Waals surface area contributed by atoms with Crippen LogP contribution < -0.4 is 4.74 Å². The standard InChI is InChI=1S/C15H17N3O4/c1-9-5-6-13(10(2)7-9)22-14(19)8-17-12(4)15(18(20)21)11(3)16-17/h5-7H,8H2,1-4H3. The molecule has 0 saturated heterocycles. The normalized spacial score (nSPS) is 10.5. The Morgan fingerprint density at radius 3 is 2.55 bits per heavy atom. The summed E-state index contributed by atoms with van der Waals surface area (Å²) in [6.07, 6.45) is 0. The summed E-state index contributed by atoms with van der Waals surface area (Å²) in [7, 11) is 0. The Hall–Kier alpha value is -2.70. The summed E-state index contributed by atoms with van der Waals surface area (Å²) in [5.74, 6) is -0.0425. The Morgan fingerprint density at radius 1 is 1.32 bits per heavy atom. The molecule has 0 radical (unpaired) electrons. The fourth-order valence-corrected chi connectivity index (χ4v) is 2.30. The van der Waals surface area contributed by atoms with E-state index in [-0.39, 0.29) is 17.9 Å². The maximum Gasteiger partial charge on any atom is 0.333 e. The van der Waals surface area contributed by atoms with Crippen LogP contribution >= 0.6 is 0 Å². The van der Waals surface area contributed by atoms with Gasteiger partial charge in [0.1, 0.15) is 23.7 Å². The molecule has 2 aromatic rings. The first-order valence-electron chi connectivity index (χ1n) is 6.76. The van der Waals surface area contributed by atoms with Gasteiger partial charge in [-0.2, -0.15) is 5.10 Å². The lowest BCUT2D eigenvalue weighted by Crippen LogP contribution is -2.18. The summed E-state index contributed by atoms with van der Waals surface area (Å²) >= 11 is 0. The molecule has 7 heteroatoms. The predicted molar refractivity (Wildman–Crippen MR) is 79.9 cm³/mol. The lowest BCUT2D eigenvalue weighted by Gasteiger charge is -2.08. The number of esters is 1. The van der Waals surface area contributed by atoms with Gasteiger partial charge in [-0.05, 0) is 39.3 Å². The van der Waals surface area contributed by atoms with Gasteiger partial charge in [-0.1, -0.05) is 17.7 Å². The highest BCUT2D eigenvalue weighted by Gasteiger charge is 2.23. The summed E-state index contributed by atoms with van der Waals surface area (Å²) in [5, 5.41) is 15.0. The first kappa shape index (κ1) is 15.7. The highest BCUT2D eigenvalue weighted by atomic mass is 16.6. The molecule has 0 unspecified atom stereocenters. The van der Waals surface area contributed by atoms with Gasteiger partial charge in [0.15, 0.2) is 0 Å². The topological polar surface area (TPSA) is 87.3 Å². The molecule has 0 aliphatic carbocycles. The van der Waals surface area contributed by atoms with E-state index < -0.39 is 10.9 Å². The van der Waals surface area contributed by atoms with Crippen LogP contribution in [0.4, 0.5) is 5.69 Å². The molecule has 1 heterocycles. The summed E-state index contributed by atoms with van der Waals surface area (Å²) in [5.41, 5.74) is 2.47. The molecular weight excluding hydrogens is 286 g/mol. The number of aromatic nitrogens is 2. The van der Waals surface area contributed by atoms with Gasteiger partial charge in [-0.3, -0.25) is 14.8 Å². The molecule has 0 fully saturated rings. The third-order valence-corrected chi connectivity index (χ3v) is 3.36. The molecule has 0 N–H and O–H groups in total. The van der Waals surface area contributed by atoms with Gasteiger partial charge in [0.25, 0.3) is 0 Å². The molecule has 7 nitrogen and oxygen atoms in total. The van der Waals surface area contributed by atoms with Crippen LogP contribution in [0.1, 0.15) is 22.5 Å². The molecule has 0 aliphatic heterocycles. The predicted octanol–water partition coefficient (Wildman–Crippen LogP) is 2.63. The quantitative estimate of drug-likeness (QED) is 0.375. The van der Waals surface area contributed by atoms with Crippen LogP contribution in [0.3, 0.4) is 0 Å². The van der Waals surface area contributed by atoms with Crippen molar-refractivity contribution in [3.05, 3.63) is 50.8 Å². The van der Waals surface area contributed by atoms with E-state index in [1.54, 1.807) is 13.0 Å². The van der Waals surface area contributed by atoms with Crippen molar-refractivity contribution >= 4 is 11.7 Å². The number of nitrogens with zero attached hydrogens (tertiary/aromatic N) is 3. The highest BCUT2D eigenvalue weighted by Crippen LogP contribution is 2.22. The van der Waals surface area contributed by atoms with Gasteiger partial charge < -0.3 is 4.74 Å². The van der Waals surface area contributed by atoms with Crippen molar-refractivity contribution < 1.29 is 14.5 Å². The molecule has 1 aromatic carbocycles. The molecular formula is C15H17N3O4. The lowest BCUT2D eigenvalue weighted by molar-refractivity contribution is -0.386. The Labute approximate surface area is 127 Å². The van der Waals surface area contributed by atoms with Gasteiger partial charge in [0.05, 0.1) is 4.92 Å². The number of rotatable bonds is 4. The Morgan fingerprint density at radius 2 is 2.00 bits per heavy atom. The van der Waals surface area contributed by atoms with Gasteiger partial charge in [-0.25, -0.2) is 4.79 Å². The molecule has 1 aromatic heterocycles. The average molecular weight is 303 g/mol. The Kier molecular flexibility index (Phi) is 4.25. The van der Waals surface area contributed by atoms with E-state index in [1.165, 1.54) is 11.6 Å².